The maximum Gasteiger partial charge on any atom is 0.355 e. The summed E-state index contributed by atoms with van der Waals surface area (Å²) in [5.74, 6) is 1.31. The number of carbonyl (C=O) groups excluding carboxylic acids is 5. The van der Waals surface area contributed by atoms with Crippen molar-refractivity contribution in [3.05, 3.63) is 156 Å². The number of aromatic nitrogens is 2. The number of amides is 3. The molecule has 3 saturated carbocycles. The average Bonchev–Trinajstić information content (AvgIpc) is 4.51. The molecule has 8 aromatic rings. The van der Waals surface area contributed by atoms with E-state index in [1.807, 2.05) is 143 Å². The SMILES string of the molecule is CCOC(=O)c1c(-c2ccc(OC)cc2)c2cccc(N(C(=O)C3CC3)C(=O)C3CC3)c2n1Cc1cccc(OC)c1.CCOC(=O)c1c(-c2ccc(OC)cc2)c2cccc(NC(=O)C3CC3)c2n1Cc1cccc(OC)c1. The van der Waals surface area contributed by atoms with E-state index in [1.54, 1.807) is 42.3 Å². The van der Waals surface area contributed by atoms with Crippen LogP contribution in [-0.2, 0) is 36.9 Å². The molecule has 11 rings (SSSR count). The van der Waals surface area contributed by atoms with Gasteiger partial charge in [0.05, 0.1) is 64.1 Å². The molecule has 0 aliphatic heterocycles. The second-order valence-electron chi connectivity index (χ2n) is 19.9. The Morgan fingerprint density at radius 3 is 1.34 bits per heavy atom. The van der Waals surface area contributed by atoms with Crippen LogP contribution in [0.2, 0.25) is 0 Å². The van der Waals surface area contributed by atoms with Crippen LogP contribution in [0.4, 0.5) is 11.4 Å². The van der Waals surface area contributed by atoms with Gasteiger partial charge in [-0.2, -0.15) is 0 Å². The van der Waals surface area contributed by atoms with Crippen LogP contribution in [0.15, 0.2) is 133 Å². The summed E-state index contributed by atoms with van der Waals surface area (Å²) in [4.78, 5) is 69.0. The molecule has 15 heteroatoms. The van der Waals surface area contributed by atoms with Gasteiger partial charge in [-0.1, -0.05) is 72.8 Å². The average molecular weight is 1070 g/mol. The monoisotopic (exact) mass is 1060 g/mol. The number of carbonyl (C=O) groups is 5. The summed E-state index contributed by atoms with van der Waals surface area (Å²) >= 11 is 0. The molecule has 0 atom stereocenters. The molecule has 0 saturated heterocycles. The number of methoxy groups -OCH3 is 4. The van der Waals surface area contributed by atoms with Crippen molar-refractivity contribution in [2.45, 2.75) is 65.5 Å². The lowest BCUT2D eigenvalue weighted by Crippen LogP contribution is -2.39. The Kier molecular flexibility index (Phi) is 15.9. The lowest BCUT2D eigenvalue weighted by atomic mass is 10.0. The minimum Gasteiger partial charge on any atom is -0.497 e. The number of nitrogens with one attached hydrogen (secondary N) is 1. The Bertz CT molecular complexity index is 3560. The molecule has 0 unspecified atom stereocenters. The number of para-hydroxylation sites is 2. The summed E-state index contributed by atoms with van der Waals surface area (Å²) in [7, 11) is 6.46. The van der Waals surface area contributed by atoms with Crippen LogP contribution in [0, 0.1) is 17.8 Å². The van der Waals surface area contributed by atoms with Crippen molar-refractivity contribution in [1.82, 2.24) is 9.13 Å². The second kappa shape index (κ2) is 23.4. The molecule has 79 heavy (non-hydrogen) atoms. The van der Waals surface area contributed by atoms with Crippen LogP contribution in [0.1, 0.15) is 84.5 Å². The van der Waals surface area contributed by atoms with Crippen LogP contribution in [0.5, 0.6) is 23.0 Å². The van der Waals surface area contributed by atoms with E-state index >= 15 is 0 Å². The number of nitrogens with zero attached hydrogens (tertiary/aromatic N) is 3. The van der Waals surface area contributed by atoms with Gasteiger partial charge in [0.1, 0.15) is 34.4 Å². The molecule has 3 aliphatic rings. The van der Waals surface area contributed by atoms with E-state index < -0.39 is 11.9 Å². The fourth-order valence-electron chi connectivity index (χ4n) is 10.2. The lowest BCUT2D eigenvalue weighted by molar-refractivity contribution is -0.128. The predicted octanol–water partition coefficient (Wildman–Crippen LogP) is 12.1. The van der Waals surface area contributed by atoms with Crippen LogP contribution < -0.4 is 29.2 Å². The van der Waals surface area contributed by atoms with Crippen molar-refractivity contribution in [2.75, 3.05) is 51.9 Å². The summed E-state index contributed by atoms with van der Waals surface area (Å²) in [6, 6.07) is 41.8. The van der Waals surface area contributed by atoms with Crippen molar-refractivity contribution >= 4 is 62.8 Å². The number of hydrogen-bond acceptors (Lipinski definition) is 11. The van der Waals surface area contributed by atoms with Gasteiger partial charge >= 0.3 is 11.9 Å². The zero-order valence-electron chi connectivity index (χ0n) is 45.3. The predicted molar refractivity (Wildman–Crippen MR) is 303 cm³/mol. The second-order valence-corrected chi connectivity index (χ2v) is 19.9. The van der Waals surface area contributed by atoms with Gasteiger partial charge in [-0.25, -0.2) is 14.5 Å². The first-order valence-corrected chi connectivity index (χ1v) is 26.9. The topological polar surface area (TPSA) is 166 Å². The highest BCUT2D eigenvalue weighted by molar-refractivity contribution is 6.23. The van der Waals surface area contributed by atoms with E-state index in [9.17, 15) is 24.0 Å². The minimum atomic E-state index is -0.484. The highest BCUT2D eigenvalue weighted by Crippen LogP contribution is 2.45. The van der Waals surface area contributed by atoms with Crippen LogP contribution in [-0.4, -0.2) is 80.4 Å². The standard InChI is InChI=1S/C34H34N2O6.C30H30N2O5/c1-4-42-34(39)31-29(22-15-17-25(40-2)18-16-22)27-9-6-10-28(36(32(37)23-11-12-23)33(38)24-13-14-24)30(27)35(31)20-21-7-5-8-26(19-21)41-3;1-4-37-30(34)28-26(20-13-15-22(35-2)16-14-20)24-9-6-10-25(31-29(33)21-11-12-21)27(24)32(28)18-19-7-5-8-23(17-19)36-3/h5-10,15-19,23-24H,4,11-14,20H2,1-3H3;5-10,13-17,21H,4,11-12,18H2,1-3H3,(H,31,33). The molecule has 6 aromatic carbocycles. The van der Waals surface area contributed by atoms with Gasteiger partial charge in [-0.05, 0) is 135 Å². The van der Waals surface area contributed by atoms with E-state index in [1.165, 1.54) is 4.90 Å². The number of imide groups is 1. The Hall–Kier alpha value is -8.85. The molecule has 15 nitrogen and oxygen atoms in total. The number of hydrogen-bond donors (Lipinski definition) is 1. The van der Waals surface area contributed by atoms with E-state index in [0.717, 1.165) is 94.1 Å². The zero-order valence-corrected chi connectivity index (χ0v) is 45.3. The summed E-state index contributed by atoms with van der Waals surface area (Å²) in [6.45, 7) is 4.68. The van der Waals surface area contributed by atoms with Gasteiger partial charge in [0.15, 0.2) is 0 Å². The van der Waals surface area contributed by atoms with E-state index in [4.69, 9.17) is 28.4 Å². The van der Waals surface area contributed by atoms with Crippen LogP contribution in [0.25, 0.3) is 44.1 Å². The minimum absolute atomic E-state index is 0.00492. The summed E-state index contributed by atoms with van der Waals surface area (Å²) < 4.78 is 36.7. The molecule has 3 fully saturated rings. The molecule has 2 heterocycles. The number of benzene rings is 6. The van der Waals surface area contributed by atoms with Gasteiger partial charge in [0.25, 0.3) is 0 Å². The van der Waals surface area contributed by atoms with Gasteiger partial charge < -0.3 is 42.9 Å². The third-order valence-corrected chi connectivity index (χ3v) is 14.5. The molecule has 0 radical (unpaired) electrons. The highest BCUT2D eigenvalue weighted by Gasteiger charge is 2.43. The number of anilines is 2. The largest absolute Gasteiger partial charge is 0.497 e. The van der Waals surface area contributed by atoms with Gasteiger partial charge in [0.2, 0.25) is 17.7 Å². The normalized spacial score (nSPS) is 13.7. The first kappa shape index (κ1) is 53.5. The Labute approximate surface area is 458 Å². The first-order valence-electron chi connectivity index (χ1n) is 26.9. The molecule has 2 aromatic heterocycles. The van der Waals surface area contributed by atoms with E-state index in [0.29, 0.717) is 51.9 Å². The number of fused-ring (bicyclic) bond motifs is 2. The van der Waals surface area contributed by atoms with Crippen LogP contribution in [0.3, 0.4) is 0 Å². The van der Waals surface area contributed by atoms with Crippen molar-refractivity contribution in [3.8, 4) is 45.3 Å². The number of ether oxygens (including phenoxy) is 6. The molecule has 406 valence electrons. The maximum absolute atomic E-state index is 13.8. The van der Waals surface area contributed by atoms with E-state index in [2.05, 4.69) is 5.32 Å². The third kappa shape index (κ3) is 11.3. The first-order chi connectivity index (χ1) is 38.5. The Balaban J connectivity index is 0.000000180. The summed E-state index contributed by atoms with van der Waals surface area (Å²) in [6.07, 6.45) is 4.91. The molecule has 0 spiro atoms. The van der Waals surface area contributed by atoms with E-state index in [-0.39, 0.29) is 55.2 Å². The quantitative estimate of drug-likeness (QED) is 0.0605. The van der Waals surface area contributed by atoms with Gasteiger partial charge in [0, 0.05) is 52.7 Å². The molecule has 0 bridgehead atoms. The van der Waals surface area contributed by atoms with Gasteiger partial charge in [-0.3, -0.25) is 14.4 Å². The summed E-state index contributed by atoms with van der Waals surface area (Å²) in [5, 5.41) is 4.72. The molecular formula is C64H64N4O11. The molecule has 3 amide bonds. The zero-order chi connectivity index (χ0) is 55.3. The molecular weight excluding hydrogens is 1000 g/mol. The maximum atomic E-state index is 13.8. The fraction of sp³-hybridized carbons (Fsp3) is 0.297. The van der Waals surface area contributed by atoms with Crippen LogP contribution >= 0.6 is 0 Å². The van der Waals surface area contributed by atoms with Gasteiger partial charge in [-0.15, -0.1) is 0 Å². The third-order valence-electron chi connectivity index (χ3n) is 14.5. The van der Waals surface area contributed by atoms with Crippen molar-refractivity contribution < 1.29 is 52.4 Å². The highest BCUT2D eigenvalue weighted by atomic mass is 16.5. The number of esters is 2. The molecule has 3 aliphatic carbocycles. The molecule has 1 N–H and O–H groups in total. The van der Waals surface area contributed by atoms with Crippen molar-refractivity contribution in [1.29, 1.82) is 0 Å². The Morgan fingerprint density at radius 1 is 0.494 bits per heavy atom. The Morgan fingerprint density at radius 2 is 0.911 bits per heavy atom. The van der Waals surface area contributed by atoms with Crippen molar-refractivity contribution in [3.63, 3.8) is 0 Å². The summed E-state index contributed by atoms with van der Waals surface area (Å²) in [5.41, 5.74) is 8.26. The smallest absolute Gasteiger partial charge is 0.355 e. The number of rotatable bonds is 19. The lowest BCUT2D eigenvalue weighted by Gasteiger charge is -2.23. The van der Waals surface area contributed by atoms with Crippen molar-refractivity contribution in [2.24, 2.45) is 17.8 Å². The fourth-order valence-corrected chi connectivity index (χ4v) is 10.2.